The second-order valence-electron chi connectivity index (χ2n) is 4.59. The van der Waals surface area contributed by atoms with E-state index >= 15 is 0 Å². The van der Waals surface area contributed by atoms with Crippen LogP contribution in [0.5, 0.6) is 5.75 Å². The van der Waals surface area contributed by atoms with Crippen LogP contribution in [0, 0.1) is 0 Å². The molecule has 0 radical (unpaired) electrons. The number of nitrogens with one attached hydrogen (secondary N) is 1. The van der Waals surface area contributed by atoms with Crippen molar-refractivity contribution in [3.05, 3.63) is 35.9 Å². The first-order chi connectivity index (χ1) is 8.03. The van der Waals surface area contributed by atoms with E-state index in [4.69, 9.17) is 4.74 Å². The molecule has 2 N–H and O–H groups in total. The van der Waals surface area contributed by atoms with Crippen LogP contribution in [0.4, 0.5) is 0 Å². The van der Waals surface area contributed by atoms with Crippen LogP contribution < -0.4 is 10.1 Å². The molecular weight excluding hydrogens is 214 g/mol. The minimum atomic E-state index is -0.668. The molecule has 17 heavy (non-hydrogen) atoms. The Morgan fingerprint density at radius 1 is 1.35 bits per heavy atom. The lowest BCUT2D eigenvalue weighted by Crippen LogP contribution is -2.34. The summed E-state index contributed by atoms with van der Waals surface area (Å²) in [5.41, 5.74) is 0.387. The molecule has 0 saturated heterocycles. The molecule has 1 aromatic carbocycles. The molecular formula is C14H21NO2. The monoisotopic (exact) mass is 235 g/mol. The number of benzene rings is 1. The van der Waals surface area contributed by atoms with Gasteiger partial charge < -0.3 is 15.2 Å². The van der Waals surface area contributed by atoms with E-state index in [1.807, 2.05) is 36.4 Å². The van der Waals surface area contributed by atoms with Gasteiger partial charge in [0.1, 0.15) is 5.75 Å². The van der Waals surface area contributed by atoms with Crippen molar-refractivity contribution in [3.63, 3.8) is 0 Å². The molecule has 0 spiro atoms. The van der Waals surface area contributed by atoms with Crippen molar-refractivity contribution in [2.75, 3.05) is 20.2 Å². The van der Waals surface area contributed by atoms with Crippen LogP contribution in [0.2, 0.25) is 0 Å². The number of hydrogen-bond acceptors (Lipinski definition) is 3. The van der Waals surface area contributed by atoms with Crippen LogP contribution in [-0.2, 0) is 0 Å². The normalized spacial score (nSPS) is 12.0. The Kier molecular flexibility index (Phi) is 5.19. The molecule has 1 aromatic rings. The third-order valence-corrected chi connectivity index (χ3v) is 2.26. The SMILES string of the molecule is COc1ccccc1/C=C/CNCC(C)(C)O. The lowest BCUT2D eigenvalue weighted by atomic mass is 10.1. The standard InChI is InChI=1S/C14H21NO2/c1-14(2,16)11-15-10-6-8-12-7-4-5-9-13(12)17-3/h4-9,15-16H,10-11H2,1-3H3/b8-6+. The molecule has 0 aliphatic rings. The molecule has 0 amide bonds. The average Bonchev–Trinajstić information content (AvgIpc) is 2.27. The molecule has 0 atom stereocenters. The molecule has 0 unspecified atom stereocenters. The number of aliphatic hydroxyl groups is 1. The summed E-state index contributed by atoms with van der Waals surface area (Å²) >= 11 is 0. The first kappa shape index (κ1) is 13.7. The predicted molar refractivity (Wildman–Crippen MR) is 71.2 cm³/mol. The van der Waals surface area contributed by atoms with Crippen LogP contribution in [0.3, 0.4) is 0 Å². The Bertz CT molecular complexity index is 367. The smallest absolute Gasteiger partial charge is 0.126 e. The van der Waals surface area contributed by atoms with Gasteiger partial charge in [-0.3, -0.25) is 0 Å². The van der Waals surface area contributed by atoms with Crippen molar-refractivity contribution in [2.45, 2.75) is 19.4 Å². The number of hydrogen-bond donors (Lipinski definition) is 2. The van der Waals surface area contributed by atoms with E-state index in [2.05, 4.69) is 5.32 Å². The number of rotatable bonds is 6. The fourth-order valence-corrected chi connectivity index (χ4v) is 1.45. The van der Waals surface area contributed by atoms with Crippen LogP contribution in [0.25, 0.3) is 6.08 Å². The molecule has 1 rings (SSSR count). The van der Waals surface area contributed by atoms with Gasteiger partial charge in [-0.15, -0.1) is 0 Å². The van der Waals surface area contributed by atoms with E-state index in [0.29, 0.717) is 6.54 Å². The molecule has 3 nitrogen and oxygen atoms in total. The van der Waals surface area contributed by atoms with Gasteiger partial charge in [-0.05, 0) is 19.9 Å². The van der Waals surface area contributed by atoms with Crippen molar-refractivity contribution in [1.82, 2.24) is 5.32 Å². The van der Waals surface area contributed by atoms with Crippen LogP contribution in [0.15, 0.2) is 30.3 Å². The lowest BCUT2D eigenvalue weighted by Gasteiger charge is -2.16. The average molecular weight is 235 g/mol. The Balaban J connectivity index is 2.43. The van der Waals surface area contributed by atoms with Crippen LogP contribution >= 0.6 is 0 Å². The Morgan fingerprint density at radius 3 is 2.71 bits per heavy atom. The zero-order valence-electron chi connectivity index (χ0n) is 10.7. The fraction of sp³-hybridized carbons (Fsp3) is 0.429. The summed E-state index contributed by atoms with van der Waals surface area (Å²) in [5, 5.41) is 12.7. The highest BCUT2D eigenvalue weighted by Gasteiger charge is 2.09. The summed E-state index contributed by atoms with van der Waals surface area (Å²) in [6.45, 7) is 4.86. The van der Waals surface area contributed by atoms with Gasteiger partial charge in [0.15, 0.2) is 0 Å². The summed E-state index contributed by atoms with van der Waals surface area (Å²) in [5.74, 6) is 0.867. The topological polar surface area (TPSA) is 41.5 Å². The van der Waals surface area contributed by atoms with Gasteiger partial charge in [0.25, 0.3) is 0 Å². The molecule has 0 fully saturated rings. The van der Waals surface area contributed by atoms with Gasteiger partial charge in [0, 0.05) is 18.7 Å². The highest BCUT2D eigenvalue weighted by Crippen LogP contribution is 2.18. The maximum absolute atomic E-state index is 9.51. The Hall–Kier alpha value is -1.32. The fourth-order valence-electron chi connectivity index (χ4n) is 1.45. The molecule has 0 aliphatic carbocycles. The molecule has 0 aliphatic heterocycles. The second-order valence-corrected chi connectivity index (χ2v) is 4.59. The Labute approximate surface area is 103 Å². The van der Waals surface area contributed by atoms with E-state index in [9.17, 15) is 5.11 Å². The van der Waals surface area contributed by atoms with E-state index in [1.165, 1.54) is 0 Å². The maximum Gasteiger partial charge on any atom is 0.126 e. The largest absolute Gasteiger partial charge is 0.496 e. The third kappa shape index (κ3) is 5.52. The van der Waals surface area contributed by atoms with Gasteiger partial charge in [-0.1, -0.05) is 30.4 Å². The summed E-state index contributed by atoms with van der Waals surface area (Å²) in [6, 6.07) is 7.87. The molecule has 0 aromatic heterocycles. The first-order valence-corrected chi connectivity index (χ1v) is 5.75. The zero-order valence-corrected chi connectivity index (χ0v) is 10.7. The number of para-hydroxylation sites is 1. The van der Waals surface area contributed by atoms with Crippen molar-refractivity contribution in [2.24, 2.45) is 0 Å². The van der Waals surface area contributed by atoms with E-state index in [0.717, 1.165) is 17.9 Å². The predicted octanol–water partition coefficient (Wildman–Crippen LogP) is 2.07. The van der Waals surface area contributed by atoms with Crippen molar-refractivity contribution in [1.29, 1.82) is 0 Å². The summed E-state index contributed by atoms with van der Waals surface area (Å²) in [4.78, 5) is 0. The summed E-state index contributed by atoms with van der Waals surface area (Å²) in [7, 11) is 1.67. The first-order valence-electron chi connectivity index (χ1n) is 5.75. The van der Waals surface area contributed by atoms with Crippen molar-refractivity contribution in [3.8, 4) is 5.75 Å². The minimum Gasteiger partial charge on any atom is -0.496 e. The number of methoxy groups -OCH3 is 1. The van der Waals surface area contributed by atoms with Crippen molar-refractivity contribution >= 4 is 6.08 Å². The Morgan fingerprint density at radius 2 is 2.06 bits per heavy atom. The molecule has 0 heterocycles. The van der Waals surface area contributed by atoms with Crippen LogP contribution in [0.1, 0.15) is 19.4 Å². The maximum atomic E-state index is 9.51. The van der Waals surface area contributed by atoms with Gasteiger partial charge in [-0.2, -0.15) is 0 Å². The van der Waals surface area contributed by atoms with Gasteiger partial charge in [-0.25, -0.2) is 0 Å². The van der Waals surface area contributed by atoms with E-state index in [1.54, 1.807) is 21.0 Å². The second kappa shape index (κ2) is 6.42. The lowest BCUT2D eigenvalue weighted by molar-refractivity contribution is 0.0810. The zero-order chi connectivity index (χ0) is 12.7. The summed E-state index contributed by atoms with van der Waals surface area (Å²) < 4.78 is 5.24. The minimum absolute atomic E-state index is 0.573. The van der Waals surface area contributed by atoms with Gasteiger partial charge >= 0.3 is 0 Å². The summed E-state index contributed by atoms with van der Waals surface area (Å²) in [6.07, 6.45) is 4.03. The highest BCUT2D eigenvalue weighted by molar-refractivity contribution is 5.57. The van der Waals surface area contributed by atoms with E-state index in [-0.39, 0.29) is 0 Å². The third-order valence-electron chi connectivity index (χ3n) is 2.26. The van der Waals surface area contributed by atoms with E-state index < -0.39 is 5.60 Å². The number of ether oxygens (including phenoxy) is 1. The quantitative estimate of drug-likeness (QED) is 0.742. The molecule has 3 heteroatoms. The molecule has 0 saturated carbocycles. The highest BCUT2D eigenvalue weighted by atomic mass is 16.5. The van der Waals surface area contributed by atoms with Crippen molar-refractivity contribution < 1.29 is 9.84 Å². The molecule has 94 valence electrons. The van der Waals surface area contributed by atoms with Crippen LogP contribution in [-0.4, -0.2) is 30.9 Å². The van der Waals surface area contributed by atoms with Gasteiger partial charge in [0.2, 0.25) is 0 Å². The van der Waals surface area contributed by atoms with Gasteiger partial charge in [0.05, 0.1) is 12.7 Å². The molecule has 0 bridgehead atoms.